The molecule has 1 N–H and O–H groups in total. The maximum atomic E-state index is 12.4. The number of amides is 1. The highest BCUT2D eigenvalue weighted by Gasteiger charge is 2.27. The summed E-state index contributed by atoms with van der Waals surface area (Å²) < 4.78 is 26.3. The Morgan fingerprint density at radius 2 is 2.05 bits per heavy atom. The molecule has 1 fully saturated rings. The standard InChI is InChI=1S/C14H18N2O3S/c1-2-8-15-14(17)12-6-5-7-13(11-12)20(18,19)16-9-3-4-10-16/h2,5-7,11H,1,3-4,8-10H2,(H,15,17). The fraction of sp³-hybridized carbons (Fsp3) is 0.357. The lowest BCUT2D eigenvalue weighted by atomic mass is 10.2. The molecule has 1 amide bonds. The predicted molar refractivity (Wildman–Crippen MR) is 77.0 cm³/mol. The predicted octanol–water partition coefficient (Wildman–Crippen LogP) is 1.39. The van der Waals surface area contributed by atoms with Gasteiger partial charge in [-0.05, 0) is 31.0 Å². The highest BCUT2D eigenvalue weighted by atomic mass is 32.2. The zero-order valence-electron chi connectivity index (χ0n) is 11.2. The first-order valence-electron chi connectivity index (χ1n) is 6.55. The minimum Gasteiger partial charge on any atom is -0.349 e. The molecule has 0 unspecified atom stereocenters. The summed E-state index contributed by atoms with van der Waals surface area (Å²) in [7, 11) is -3.48. The highest BCUT2D eigenvalue weighted by Crippen LogP contribution is 2.21. The average molecular weight is 294 g/mol. The molecule has 1 aliphatic rings. The third kappa shape index (κ3) is 3.08. The van der Waals surface area contributed by atoms with E-state index >= 15 is 0 Å². The Morgan fingerprint density at radius 3 is 2.70 bits per heavy atom. The monoisotopic (exact) mass is 294 g/mol. The Hall–Kier alpha value is -1.66. The number of nitrogens with zero attached hydrogens (tertiary/aromatic N) is 1. The van der Waals surface area contributed by atoms with Crippen molar-refractivity contribution in [3.05, 3.63) is 42.5 Å². The molecule has 1 aliphatic heterocycles. The largest absolute Gasteiger partial charge is 0.349 e. The molecule has 0 bridgehead atoms. The van der Waals surface area contributed by atoms with Crippen molar-refractivity contribution in [2.24, 2.45) is 0 Å². The molecule has 108 valence electrons. The summed E-state index contributed by atoms with van der Waals surface area (Å²) in [6.45, 7) is 4.97. The van der Waals surface area contributed by atoms with Crippen LogP contribution < -0.4 is 5.32 Å². The van der Waals surface area contributed by atoms with Gasteiger partial charge in [-0.25, -0.2) is 8.42 Å². The molecule has 5 nitrogen and oxygen atoms in total. The van der Waals surface area contributed by atoms with E-state index in [4.69, 9.17) is 0 Å². The SMILES string of the molecule is C=CCNC(=O)c1cccc(S(=O)(=O)N2CCCC2)c1. The number of hydrogen-bond donors (Lipinski definition) is 1. The minimum absolute atomic E-state index is 0.172. The van der Waals surface area contributed by atoms with Gasteiger partial charge in [0.15, 0.2) is 0 Å². The average Bonchev–Trinajstić information content (AvgIpc) is 2.99. The molecule has 1 heterocycles. The number of hydrogen-bond acceptors (Lipinski definition) is 3. The van der Waals surface area contributed by atoms with Crippen molar-refractivity contribution in [1.82, 2.24) is 9.62 Å². The maximum Gasteiger partial charge on any atom is 0.251 e. The normalized spacial score (nSPS) is 16.0. The third-order valence-electron chi connectivity index (χ3n) is 3.21. The molecular weight excluding hydrogens is 276 g/mol. The summed E-state index contributed by atoms with van der Waals surface area (Å²) in [5.74, 6) is -0.302. The van der Waals surface area contributed by atoms with Crippen molar-refractivity contribution >= 4 is 15.9 Å². The number of nitrogens with one attached hydrogen (secondary N) is 1. The van der Waals surface area contributed by atoms with Crippen LogP contribution in [-0.4, -0.2) is 38.3 Å². The van der Waals surface area contributed by atoms with E-state index in [0.717, 1.165) is 12.8 Å². The van der Waals surface area contributed by atoms with Crippen molar-refractivity contribution < 1.29 is 13.2 Å². The van der Waals surface area contributed by atoms with Crippen molar-refractivity contribution in [1.29, 1.82) is 0 Å². The van der Waals surface area contributed by atoms with Gasteiger partial charge in [-0.15, -0.1) is 6.58 Å². The number of carbonyl (C=O) groups is 1. The molecule has 0 saturated carbocycles. The van der Waals surface area contributed by atoms with E-state index in [2.05, 4.69) is 11.9 Å². The van der Waals surface area contributed by atoms with E-state index < -0.39 is 10.0 Å². The molecule has 1 aromatic rings. The van der Waals surface area contributed by atoms with Crippen molar-refractivity contribution in [3.63, 3.8) is 0 Å². The fourth-order valence-electron chi connectivity index (χ4n) is 2.14. The topological polar surface area (TPSA) is 66.5 Å². The molecule has 20 heavy (non-hydrogen) atoms. The van der Waals surface area contributed by atoms with Crippen molar-refractivity contribution in [2.75, 3.05) is 19.6 Å². The first-order valence-corrected chi connectivity index (χ1v) is 7.99. The zero-order chi connectivity index (χ0) is 14.6. The number of sulfonamides is 1. The first-order chi connectivity index (χ1) is 9.55. The van der Waals surface area contributed by atoms with Crippen LogP contribution in [-0.2, 0) is 10.0 Å². The Bertz CT molecular complexity index is 605. The van der Waals surface area contributed by atoms with Gasteiger partial charge in [0.25, 0.3) is 5.91 Å². The van der Waals surface area contributed by atoms with Crippen molar-refractivity contribution in [3.8, 4) is 0 Å². The molecule has 2 rings (SSSR count). The molecule has 1 saturated heterocycles. The summed E-state index contributed by atoms with van der Waals surface area (Å²) in [4.78, 5) is 12.0. The van der Waals surface area contributed by atoms with E-state index in [9.17, 15) is 13.2 Å². The van der Waals surface area contributed by atoms with E-state index in [1.807, 2.05) is 0 Å². The molecule has 0 spiro atoms. The van der Waals surface area contributed by atoms with E-state index in [1.165, 1.54) is 16.4 Å². The molecular formula is C14H18N2O3S. The molecule has 0 atom stereocenters. The smallest absolute Gasteiger partial charge is 0.251 e. The molecule has 0 aromatic heterocycles. The van der Waals surface area contributed by atoms with Crippen molar-refractivity contribution in [2.45, 2.75) is 17.7 Å². The van der Waals surface area contributed by atoms with Crippen LogP contribution in [0.3, 0.4) is 0 Å². The summed E-state index contributed by atoms with van der Waals surface area (Å²) in [5.41, 5.74) is 0.340. The van der Waals surface area contributed by atoms with Gasteiger partial charge >= 0.3 is 0 Å². The second-order valence-electron chi connectivity index (χ2n) is 4.64. The van der Waals surface area contributed by atoms with E-state index in [-0.39, 0.29) is 10.8 Å². The van der Waals surface area contributed by atoms with E-state index in [0.29, 0.717) is 25.2 Å². The van der Waals surface area contributed by atoms with Gasteiger partial charge < -0.3 is 5.32 Å². The van der Waals surface area contributed by atoms with Crippen LogP contribution in [0.15, 0.2) is 41.8 Å². The van der Waals surface area contributed by atoms with Gasteiger partial charge in [0.2, 0.25) is 10.0 Å². The first kappa shape index (κ1) is 14.7. The lowest BCUT2D eigenvalue weighted by molar-refractivity contribution is 0.0958. The second-order valence-corrected chi connectivity index (χ2v) is 6.58. The Morgan fingerprint density at radius 1 is 1.35 bits per heavy atom. The van der Waals surface area contributed by atoms with Gasteiger partial charge in [0.1, 0.15) is 0 Å². The number of rotatable bonds is 5. The van der Waals surface area contributed by atoms with Gasteiger partial charge in [-0.1, -0.05) is 12.1 Å². The summed E-state index contributed by atoms with van der Waals surface area (Å²) in [5, 5.41) is 2.63. The Kier molecular flexibility index (Phi) is 4.57. The van der Waals surface area contributed by atoms with Crippen LogP contribution in [0.25, 0.3) is 0 Å². The number of benzene rings is 1. The minimum atomic E-state index is -3.48. The third-order valence-corrected chi connectivity index (χ3v) is 5.10. The van der Waals surface area contributed by atoms with Crippen LogP contribution in [0.2, 0.25) is 0 Å². The molecule has 1 aromatic carbocycles. The summed E-state index contributed by atoms with van der Waals surface area (Å²) in [6, 6.07) is 6.14. The van der Waals surface area contributed by atoms with Crippen LogP contribution >= 0.6 is 0 Å². The zero-order valence-corrected chi connectivity index (χ0v) is 12.0. The molecule has 0 aliphatic carbocycles. The molecule has 0 radical (unpaired) electrons. The maximum absolute atomic E-state index is 12.4. The second kappa shape index (κ2) is 6.19. The van der Waals surface area contributed by atoms with Crippen LogP contribution in [0.4, 0.5) is 0 Å². The Labute approximate surface area is 119 Å². The highest BCUT2D eigenvalue weighted by molar-refractivity contribution is 7.89. The lowest BCUT2D eigenvalue weighted by Crippen LogP contribution is -2.28. The van der Waals surface area contributed by atoms with Crippen LogP contribution in [0.5, 0.6) is 0 Å². The van der Waals surface area contributed by atoms with Gasteiger partial charge in [0.05, 0.1) is 4.90 Å². The Balaban J connectivity index is 2.25. The number of carbonyl (C=O) groups excluding carboxylic acids is 1. The quantitative estimate of drug-likeness (QED) is 0.834. The molecule has 6 heteroatoms. The summed E-state index contributed by atoms with van der Waals surface area (Å²) >= 11 is 0. The van der Waals surface area contributed by atoms with Gasteiger partial charge in [-0.3, -0.25) is 4.79 Å². The fourth-order valence-corrected chi connectivity index (χ4v) is 3.71. The van der Waals surface area contributed by atoms with E-state index in [1.54, 1.807) is 18.2 Å². The lowest BCUT2D eigenvalue weighted by Gasteiger charge is -2.15. The van der Waals surface area contributed by atoms with Crippen LogP contribution in [0, 0.1) is 0 Å². The van der Waals surface area contributed by atoms with Gasteiger partial charge in [-0.2, -0.15) is 4.31 Å². The summed E-state index contributed by atoms with van der Waals surface area (Å²) in [6.07, 6.45) is 3.35. The van der Waals surface area contributed by atoms with Gasteiger partial charge in [0, 0.05) is 25.2 Å². The van der Waals surface area contributed by atoms with Crippen LogP contribution in [0.1, 0.15) is 23.2 Å².